The fraction of sp³-hybridized carbons (Fsp3) is 0.727. The lowest BCUT2D eigenvalue weighted by molar-refractivity contribution is 0.214. The van der Waals surface area contributed by atoms with E-state index < -0.39 is 0 Å². The summed E-state index contributed by atoms with van der Waals surface area (Å²) in [6.45, 7) is 5.99. The normalized spacial score (nSPS) is 13.4. The van der Waals surface area contributed by atoms with Crippen LogP contribution in [0, 0.1) is 0 Å². The van der Waals surface area contributed by atoms with Crippen molar-refractivity contribution >= 4 is 0 Å². The van der Waals surface area contributed by atoms with Gasteiger partial charge in [0.2, 0.25) is 0 Å². The third kappa shape index (κ3) is 3.64. The van der Waals surface area contributed by atoms with Gasteiger partial charge in [-0.3, -0.25) is 4.90 Å². The van der Waals surface area contributed by atoms with Crippen LogP contribution in [0.5, 0.6) is 0 Å². The van der Waals surface area contributed by atoms with Gasteiger partial charge in [0.15, 0.2) is 5.76 Å². The Kier molecular flexibility index (Phi) is 4.78. The quantitative estimate of drug-likeness (QED) is 0.776. The van der Waals surface area contributed by atoms with Crippen molar-refractivity contribution in [1.29, 1.82) is 0 Å². The van der Waals surface area contributed by atoms with Crippen LogP contribution < -0.4 is 5.32 Å². The van der Waals surface area contributed by atoms with Crippen molar-refractivity contribution in [1.82, 2.24) is 15.4 Å². The van der Waals surface area contributed by atoms with Crippen molar-refractivity contribution in [2.45, 2.75) is 39.4 Å². The molecule has 1 heterocycles. The number of hydrogen-bond acceptors (Lipinski definition) is 4. The molecule has 1 aromatic heterocycles. The maximum Gasteiger partial charge on any atom is 0.151 e. The molecule has 0 aromatic carbocycles. The highest BCUT2D eigenvalue weighted by Gasteiger charge is 2.10. The average Bonchev–Trinajstić information content (AvgIpc) is 2.65. The molecule has 0 aliphatic carbocycles. The molecule has 1 N–H and O–H groups in total. The zero-order valence-corrected chi connectivity index (χ0v) is 10.1. The molecular weight excluding hydrogens is 190 g/mol. The largest absolute Gasteiger partial charge is 0.360 e. The molecule has 0 saturated carbocycles. The highest BCUT2D eigenvalue weighted by Crippen LogP contribution is 2.09. The second-order valence-electron chi connectivity index (χ2n) is 3.99. The first-order valence-electron chi connectivity index (χ1n) is 5.46. The van der Waals surface area contributed by atoms with Gasteiger partial charge < -0.3 is 9.84 Å². The molecule has 4 nitrogen and oxygen atoms in total. The summed E-state index contributed by atoms with van der Waals surface area (Å²) in [4.78, 5) is 2.27. The molecule has 0 spiro atoms. The van der Waals surface area contributed by atoms with E-state index in [0.717, 1.165) is 31.0 Å². The van der Waals surface area contributed by atoms with E-state index in [1.54, 1.807) is 0 Å². The molecule has 1 atom stereocenters. The van der Waals surface area contributed by atoms with E-state index >= 15 is 0 Å². The standard InChI is InChI=1S/C11H21N3O/c1-5-9(2)14(4)8-11-6-10(7-12-3)13-15-11/h6,9,12H,5,7-8H2,1-4H3. The maximum atomic E-state index is 5.25. The fourth-order valence-electron chi connectivity index (χ4n) is 1.41. The van der Waals surface area contributed by atoms with Gasteiger partial charge in [0.05, 0.1) is 12.2 Å². The molecule has 0 saturated heterocycles. The molecule has 0 bridgehead atoms. The van der Waals surface area contributed by atoms with Gasteiger partial charge in [-0.15, -0.1) is 0 Å². The van der Waals surface area contributed by atoms with Gasteiger partial charge in [-0.1, -0.05) is 12.1 Å². The molecular formula is C11H21N3O. The minimum atomic E-state index is 0.572. The highest BCUT2D eigenvalue weighted by molar-refractivity contribution is 5.04. The summed E-state index contributed by atoms with van der Waals surface area (Å²) in [6, 6.07) is 2.58. The zero-order valence-electron chi connectivity index (χ0n) is 10.1. The molecule has 15 heavy (non-hydrogen) atoms. The highest BCUT2D eigenvalue weighted by atomic mass is 16.5. The van der Waals surface area contributed by atoms with Crippen LogP contribution in [-0.2, 0) is 13.1 Å². The molecule has 0 aliphatic rings. The predicted octanol–water partition coefficient (Wildman–Crippen LogP) is 1.62. The second-order valence-corrected chi connectivity index (χ2v) is 3.99. The van der Waals surface area contributed by atoms with Crippen LogP contribution in [0.2, 0.25) is 0 Å². The molecule has 1 rings (SSSR count). The number of rotatable bonds is 6. The van der Waals surface area contributed by atoms with Gasteiger partial charge in [-0.25, -0.2) is 0 Å². The maximum absolute atomic E-state index is 5.25. The molecule has 1 aromatic rings. The number of nitrogens with zero attached hydrogens (tertiary/aromatic N) is 2. The summed E-state index contributed by atoms with van der Waals surface area (Å²) >= 11 is 0. The lowest BCUT2D eigenvalue weighted by Gasteiger charge is -2.21. The van der Waals surface area contributed by atoms with Crippen LogP contribution in [0.1, 0.15) is 31.7 Å². The third-order valence-corrected chi connectivity index (χ3v) is 2.71. The molecule has 86 valence electrons. The monoisotopic (exact) mass is 211 g/mol. The Morgan fingerprint density at radius 2 is 2.33 bits per heavy atom. The first-order chi connectivity index (χ1) is 7.17. The average molecular weight is 211 g/mol. The van der Waals surface area contributed by atoms with Crippen molar-refractivity contribution in [3.05, 3.63) is 17.5 Å². The Balaban J connectivity index is 2.49. The molecule has 0 aliphatic heterocycles. The van der Waals surface area contributed by atoms with E-state index in [-0.39, 0.29) is 0 Å². The van der Waals surface area contributed by atoms with E-state index in [1.807, 2.05) is 13.1 Å². The van der Waals surface area contributed by atoms with E-state index in [9.17, 15) is 0 Å². The van der Waals surface area contributed by atoms with Gasteiger partial charge in [-0.05, 0) is 27.4 Å². The Morgan fingerprint density at radius 1 is 1.60 bits per heavy atom. The summed E-state index contributed by atoms with van der Waals surface area (Å²) in [5, 5.41) is 7.03. The zero-order chi connectivity index (χ0) is 11.3. The molecule has 0 amide bonds. The van der Waals surface area contributed by atoms with Crippen molar-refractivity contribution in [2.75, 3.05) is 14.1 Å². The van der Waals surface area contributed by atoms with Gasteiger partial charge in [0.1, 0.15) is 0 Å². The van der Waals surface area contributed by atoms with Crippen LogP contribution >= 0.6 is 0 Å². The molecule has 0 radical (unpaired) electrons. The van der Waals surface area contributed by atoms with Crippen molar-refractivity contribution < 1.29 is 4.52 Å². The van der Waals surface area contributed by atoms with E-state index in [4.69, 9.17) is 4.52 Å². The third-order valence-electron chi connectivity index (χ3n) is 2.71. The van der Waals surface area contributed by atoms with E-state index in [2.05, 4.69) is 36.3 Å². The summed E-state index contributed by atoms with van der Waals surface area (Å²) in [5.41, 5.74) is 0.963. The van der Waals surface area contributed by atoms with Gasteiger partial charge in [0.25, 0.3) is 0 Å². The minimum absolute atomic E-state index is 0.572. The Labute approximate surface area is 91.6 Å². The molecule has 0 fully saturated rings. The first kappa shape index (κ1) is 12.2. The smallest absolute Gasteiger partial charge is 0.151 e. The van der Waals surface area contributed by atoms with Crippen molar-refractivity contribution in [3.63, 3.8) is 0 Å². The molecule has 1 unspecified atom stereocenters. The first-order valence-corrected chi connectivity index (χ1v) is 5.46. The van der Waals surface area contributed by atoms with Crippen molar-refractivity contribution in [3.8, 4) is 0 Å². The fourth-order valence-corrected chi connectivity index (χ4v) is 1.41. The van der Waals surface area contributed by atoms with E-state index in [1.165, 1.54) is 0 Å². The summed E-state index contributed by atoms with van der Waals surface area (Å²) in [5.74, 6) is 0.933. The van der Waals surface area contributed by atoms with Crippen LogP contribution in [0.3, 0.4) is 0 Å². The SMILES string of the molecule is CCC(C)N(C)Cc1cc(CNC)no1. The van der Waals surface area contributed by atoms with Gasteiger partial charge in [-0.2, -0.15) is 0 Å². The summed E-state index contributed by atoms with van der Waals surface area (Å²) < 4.78 is 5.25. The topological polar surface area (TPSA) is 41.3 Å². The predicted molar refractivity (Wildman–Crippen MR) is 60.5 cm³/mol. The minimum Gasteiger partial charge on any atom is -0.360 e. The van der Waals surface area contributed by atoms with Crippen LogP contribution in [0.25, 0.3) is 0 Å². The Bertz CT molecular complexity index is 285. The van der Waals surface area contributed by atoms with Crippen LogP contribution in [0.4, 0.5) is 0 Å². The van der Waals surface area contributed by atoms with Gasteiger partial charge in [0, 0.05) is 18.7 Å². The van der Waals surface area contributed by atoms with Gasteiger partial charge >= 0.3 is 0 Å². The number of nitrogens with one attached hydrogen (secondary N) is 1. The number of aromatic nitrogens is 1. The number of hydrogen-bond donors (Lipinski definition) is 1. The van der Waals surface area contributed by atoms with Crippen LogP contribution in [-0.4, -0.2) is 30.2 Å². The summed E-state index contributed by atoms with van der Waals surface area (Å²) in [6.07, 6.45) is 1.15. The second kappa shape index (κ2) is 5.88. The van der Waals surface area contributed by atoms with Crippen LogP contribution in [0.15, 0.2) is 10.6 Å². The Morgan fingerprint density at radius 3 is 2.93 bits per heavy atom. The van der Waals surface area contributed by atoms with E-state index in [0.29, 0.717) is 6.04 Å². The molecule has 4 heteroatoms. The summed E-state index contributed by atoms with van der Waals surface area (Å²) in [7, 11) is 4.01. The lowest BCUT2D eigenvalue weighted by Crippen LogP contribution is -2.27. The van der Waals surface area contributed by atoms with Crippen molar-refractivity contribution in [2.24, 2.45) is 0 Å². The lowest BCUT2D eigenvalue weighted by atomic mass is 10.2. The Hall–Kier alpha value is -0.870.